The fourth-order valence-electron chi connectivity index (χ4n) is 3.69. The summed E-state index contributed by atoms with van der Waals surface area (Å²) in [6.45, 7) is 4.03. The third-order valence-electron chi connectivity index (χ3n) is 5.60. The Kier molecular flexibility index (Phi) is 7.93. The van der Waals surface area contributed by atoms with Crippen LogP contribution in [0.25, 0.3) is 0 Å². The minimum Gasteiger partial charge on any atom is -0.494 e. The van der Waals surface area contributed by atoms with Gasteiger partial charge in [-0.25, -0.2) is 0 Å². The van der Waals surface area contributed by atoms with Gasteiger partial charge in [0, 0.05) is 23.9 Å². The molecular weight excluding hydrogens is 414 g/mol. The standard InChI is InChI=1S/C27H27N3O3/c1-3-4-5-11-16-30-26(32)22(17-28)19(2)23(27(30)33)18-29-24-15-10-9-14-21(24)25(31)20-12-7-6-8-13-20/h6-10,12-15,18,33H,3-5,11,16H2,1-2H3. The van der Waals surface area contributed by atoms with Crippen LogP contribution in [0, 0.1) is 18.3 Å². The van der Waals surface area contributed by atoms with Crippen LogP contribution in [0.5, 0.6) is 5.88 Å². The molecule has 0 aliphatic heterocycles. The summed E-state index contributed by atoms with van der Waals surface area (Å²) < 4.78 is 1.24. The Bertz CT molecular complexity index is 1270. The largest absolute Gasteiger partial charge is 0.494 e. The van der Waals surface area contributed by atoms with E-state index in [4.69, 9.17) is 0 Å². The van der Waals surface area contributed by atoms with E-state index in [9.17, 15) is 20.0 Å². The van der Waals surface area contributed by atoms with Crippen molar-refractivity contribution < 1.29 is 9.90 Å². The summed E-state index contributed by atoms with van der Waals surface area (Å²) >= 11 is 0. The smallest absolute Gasteiger partial charge is 0.271 e. The first-order chi connectivity index (χ1) is 16.0. The number of carbonyl (C=O) groups excluding carboxylic acids is 1. The van der Waals surface area contributed by atoms with E-state index in [0.717, 1.165) is 25.7 Å². The monoisotopic (exact) mass is 441 g/mol. The van der Waals surface area contributed by atoms with Crippen molar-refractivity contribution in [3.05, 3.63) is 92.8 Å². The van der Waals surface area contributed by atoms with E-state index in [0.29, 0.717) is 34.5 Å². The van der Waals surface area contributed by atoms with Crippen LogP contribution in [-0.4, -0.2) is 21.7 Å². The highest BCUT2D eigenvalue weighted by atomic mass is 16.3. The van der Waals surface area contributed by atoms with E-state index < -0.39 is 5.56 Å². The van der Waals surface area contributed by atoms with Crippen LogP contribution in [0.15, 0.2) is 64.4 Å². The number of hydrogen-bond donors (Lipinski definition) is 1. The molecule has 1 heterocycles. The molecule has 0 saturated heterocycles. The van der Waals surface area contributed by atoms with Gasteiger partial charge in [-0.2, -0.15) is 5.26 Å². The van der Waals surface area contributed by atoms with Gasteiger partial charge in [0.05, 0.1) is 11.3 Å². The molecule has 1 aromatic heterocycles. The molecule has 33 heavy (non-hydrogen) atoms. The van der Waals surface area contributed by atoms with Crippen LogP contribution < -0.4 is 5.56 Å². The lowest BCUT2D eigenvalue weighted by atomic mass is 10.0. The van der Waals surface area contributed by atoms with Gasteiger partial charge in [-0.3, -0.25) is 19.1 Å². The highest BCUT2D eigenvalue weighted by molar-refractivity contribution is 6.12. The van der Waals surface area contributed by atoms with Crippen molar-refractivity contribution in [3.63, 3.8) is 0 Å². The summed E-state index contributed by atoms with van der Waals surface area (Å²) in [6.07, 6.45) is 5.16. The van der Waals surface area contributed by atoms with Crippen LogP contribution >= 0.6 is 0 Å². The van der Waals surface area contributed by atoms with Crippen molar-refractivity contribution in [2.75, 3.05) is 0 Å². The predicted octanol–water partition coefficient (Wildman–Crippen LogP) is 5.30. The Morgan fingerprint density at radius 3 is 2.48 bits per heavy atom. The van der Waals surface area contributed by atoms with E-state index >= 15 is 0 Å². The minimum absolute atomic E-state index is 0.0154. The van der Waals surface area contributed by atoms with Crippen molar-refractivity contribution in [3.8, 4) is 11.9 Å². The Hall–Kier alpha value is -3.98. The molecule has 168 valence electrons. The van der Waals surface area contributed by atoms with Gasteiger partial charge in [-0.1, -0.05) is 68.7 Å². The van der Waals surface area contributed by atoms with Gasteiger partial charge in [0.2, 0.25) is 5.88 Å². The molecule has 0 spiro atoms. The Morgan fingerprint density at radius 1 is 1.09 bits per heavy atom. The summed E-state index contributed by atoms with van der Waals surface area (Å²) in [5, 5.41) is 20.4. The number of carbonyl (C=O) groups is 1. The van der Waals surface area contributed by atoms with Crippen LogP contribution in [0.1, 0.15) is 65.2 Å². The molecule has 0 atom stereocenters. The fraction of sp³-hybridized carbons (Fsp3) is 0.259. The average Bonchev–Trinajstić information content (AvgIpc) is 2.84. The van der Waals surface area contributed by atoms with E-state index in [-0.39, 0.29) is 17.2 Å². The Labute approximate surface area is 193 Å². The normalized spacial score (nSPS) is 10.9. The highest BCUT2D eigenvalue weighted by Crippen LogP contribution is 2.25. The summed E-state index contributed by atoms with van der Waals surface area (Å²) in [5.74, 6) is -0.383. The number of aromatic hydroxyl groups is 1. The summed E-state index contributed by atoms with van der Waals surface area (Å²) in [4.78, 5) is 30.2. The average molecular weight is 442 g/mol. The van der Waals surface area contributed by atoms with Crippen LogP contribution in [-0.2, 0) is 6.54 Å². The zero-order valence-electron chi connectivity index (χ0n) is 18.9. The molecule has 0 saturated carbocycles. The van der Waals surface area contributed by atoms with E-state index in [1.807, 2.05) is 12.1 Å². The van der Waals surface area contributed by atoms with Crippen molar-refractivity contribution in [2.24, 2.45) is 4.99 Å². The molecular formula is C27H27N3O3. The lowest BCUT2D eigenvalue weighted by Gasteiger charge is -2.14. The number of nitriles is 1. The maximum Gasteiger partial charge on any atom is 0.271 e. The van der Waals surface area contributed by atoms with Crippen molar-refractivity contribution >= 4 is 17.7 Å². The number of pyridine rings is 1. The first-order valence-electron chi connectivity index (χ1n) is 11.1. The SMILES string of the molecule is CCCCCCn1c(O)c(C=Nc2ccccc2C(=O)c2ccccc2)c(C)c(C#N)c1=O. The van der Waals surface area contributed by atoms with Crippen molar-refractivity contribution in [1.82, 2.24) is 4.57 Å². The molecule has 2 aromatic carbocycles. The molecule has 6 heteroatoms. The zero-order valence-corrected chi connectivity index (χ0v) is 18.9. The molecule has 0 radical (unpaired) electrons. The summed E-state index contributed by atoms with van der Waals surface area (Å²) in [5.41, 5.74) is 1.55. The van der Waals surface area contributed by atoms with Crippen LogP contribution in [0.3, 0.4) is 0 Å². The topological polar surface area (TPSA) is 95.4 Å². The van der Waals surface area contributed by atoms with Gasteiger partial charge in [-0.05, 0) is 31.0 Å². The predicted molar refractivity (Wildman–Crippen MR) is 130 cm³/mol. The van der Waals surface area contributed by atoms with Crippen molar-refractivity contribution in [1.29, 1.82) is 5.26 Å². The lowest BCUT2D eigenvalue weighted by Crippen LogP contribution is -2.25. The molecule has 1 N–H and O–H groups in total. The first-order valence-corrected chi connectivity index (χ1v) is 11.1. The highest BCUT2D eigenvalue weighted by Gasteiger charge is 2.18. The van der Waals surface area contributed by atoms with Crippen LogP contribution in [0.2, 0.25) is 0 Å². The number of ketones is 1. The van der Waals surface area contributed by atoms with Crippen LogP contribution in [0.4, 0.5) is 5.69 Å². The quantitative estimate of drug-likeness (QED) is 0.277. The maximum atomic E-state index is 13.0. The van der Waals surface area contributed by atoms with Gasteiger partial charge >= 0.3 is 0 Å². The number of benzene rings is 2. The van der Waals surface area contributed by atoms with Gasteiger partial charge < -0.3 is 5.11 Å². The number of aromatic nitrogens is 1. The molecule has 0 amide bonds. The molecule has 0 aliphatic carbocycles. The first kappa shape index (κ1) is 23.7. The summed E-state index contributed by atoms with van der Waals surface area (Å²) in [7, 11) is 0. The number of hydrogen-bond acceptors (Lipinski definition) is 5. The Morgan fingerprint density at radius 2 is 1.79 bits per heavy atom. The van der Waals surface area contributed by atoms with Gasteiger partial charge in [0.25, 0.3) is 5.56 Å². The second-order valence-electron chi connectivity index (χ2n) is 7.84. The maximum absolute atomic E-state index is 13.0. The number of aliphatic imine (C=N–C) groups is 1. The van der Waals surface area contributed by atoms with E-state index in [1.54, 1.807) is 55.5 Å². The van der Waals surface area contributed by atoms with Gasteiger partial charge in [0.1, 0.15) is 11.6 Å². The second kappa shape index (κ2) is 11.1. The zero-order chi connectivity index (χ0) is 23.8. The molecule has 3 rings (SSSR count). The molecule has 0 fully saturated rings. The third kappa shape index (κ3) is 5.27. The van der Waals surface area contributed by atoms with E-state index in [1.165, 1.54) is 10.8 Å². The fourth-order valence-corrected chi connectivity index (χ4v) is 3.69. The number of unbranched alkanes of at least 4 members (excludes halogenated alkanes) is 3. The lowest BCUT2D eigenvalue weighted by molar-refractivity contribution is 0.103. The van der Waals surface area contributed by atoms with Crippen molar-refractivity contribution in [2.45, 2.75) is 46.1 Å². The molecule has 0 aliphatic rings. The number of nitrogens with zero attached hydrogens (tertiary/aromatic N) is 3. The van der Waals surface area contributed by atoms with E-state index in [2.05, 4.69) is 11.9 Å². The number of rotatable bonds is 9. The molecule has 0 bridgehead atoms. The molecule has 0 unspecified atom stereocenters. The summed E-state index contributed by atoms with van der Waals surface area (Å²) in [6, 6.07) is 17.8. The third-order valence-corrected chi connectivity index (χ3v) is 5.60. The molecule has 6 nitrogen and oxygen atoms in total. The minimum atomic E-state index is -0.499. The van der Waals surface area contributed by atoms with Gasteiger partial charge in [-0.15, -0.1) is 0 Å². The van der Waals surface area contributed by atoms with Gasteiger partial charge in [0.15, 0.2) is 5.78 Å². The number of para-hydroxylation sites is 1. The second-order valence-corrected chi connectivity index (χ2v) is 7.84. The molecule has 3 aromatic rings. The Balaban J connectivity index is 2.02.